The molecule has 3 heteroatoms. The predicted molar refractivity (Wildman–Crippen MR) is 61.6 cm³/mol. The van der Waals surface area contributed by atoms with Crippen molar-refractivity contribution in [2.75, 3.05) is 6.54 Å². The highest BCUT2D eigenvalue weighted by atomic mass is 16.6. The molecule has 0 amide bonds. The van der Waals surface area contributed by atoms with Crippen LogP contribution in [-0.2, 0) is 16.1 Å². The monoisotopic (exact) mass is 219 g/mol. The van der Waals surface area contributed by atoms with Crippen molar-refractivity contribution >= 4 is 5.97 Å². The van der Waals surface area contributed by atoms with Crippen LogP contribution in [0.25, 0.3) is 0 Å². The van der Waals surface area contributed by atoms with Crippen molar-refractivity contribution in [2.45, 2.75) is 32.5 Å². The smallest absolute Gasteiger partial charge is 0.304 e. The van der Waals surface area contributed by atoms with Gasteiger partial charge in [-0.15, -0.1) is 0 Å². The quantitative estimate of drug-likeness (QED) is 0.730. The summed E-state index contributed by atoms with van der Waals surface area (Å²) in [6.45, 7) is 3.34. The molecular weight excluding hydrogens is 202 g/mol. The number of carbonyl (C=O) groups excluding carboxylic acids is 1. The Bertz CT molecular complexity index is 350. The lowest BCUT2D eigenvalue weighted by Crippen LogP contribution is -2.32. The van der Waals surface area contributed by atoms with E-state index < -0.39 is 0 Å². The third kappa shape index (κ3) is 2.83. The number of carbonyl (C=O) groups is 1. The number of hydrogen-bond acceptors (Lipinski definition) is 3. The van der Waals surface area contributed by atoms with E-state index in [2.05, 4.69) is 17.0 Å². The Morgan fingerprint density at radius 1 is 1.44 bits per heavy atom. The van der Waals surface area contributed by atoms with E-state index in [1.807, 2.05) is 18.2 Å². The van der Waals surface area contributed by atoms with Gasteiger partial charge in [-0.3, -0.25) is 9.69 Å². The minimum atomic E-state index is -0.190. The maximum Gasteiger partial charge on any atom is 0.304 e. The maximum absolute atomic E-state index is 10.9. The first-order valence-electron chi connectivity index (χ1n) is 5.71. The first kappa shape index (κ1) is 11.1. The van der Waals surface area contributed by atoms with E-state index in [4.69, 9.17) is 4.74 Å². The molecule has 0 bridgehead atoms. The molecule has 86 valence electrons. The van der Waals surface area contributed by atoms with Crippen LogP contribution in [0, 0.1) is 0 Å². The van der Waals surface area contributed by atoms with E-state index in [1.165, 1.54) is 12.5 Å². The summed E-state index contributed by atoms with van der Waals surface area (Å²) in [7, 11) is 0. The molecule has 0 radical (unpaired) electrons. The van der Waals surface area contributed by atoms with Gasteiger partial charge in [-0.1, -0.05) is 30.3 Å². The van der Waals surface area contributed by atoms with Gasteiger partial charge in [0.15, 0.2) is 6.23 Å². The summed E-state index contributed by atoms with van der Waals surface area (Å²) in [5.41, 5.74) is 1.27. The molecule has 0 N–H and O–H groups in total. The first-order valence-corrected chi connectivity index (χ1v) is 5.71. The Balaban J connectivity index is 1.96. The largest absolute Gasteiger partial charge is 0.447 e. The third-order valence-corrected chi connectivity index (χ3v) is 2.83. The average molecular weight is 219 g/mol. The van der Waals surface area contributed by atoms with Crippen molar-refractivity contribution in [1.82, 2.24) is 4.90 Å². The molecule has 2 rings (SSSR count). The molecule has 0 aromatic heterocycles. The van der Waals surface area contributed by atoms with Crippen LogP contribution in [0.3, 0.4) is 0 Å². The van der Waals surface area contributed by atoms with Gasteiger partial charge in [0, 0.05) is 20.0 Å². The van der Waals surface area contributed by atoms with E-state index >= 15 is 0 Å². The summed E-state index contributed by atoms with van der Waals surface area (Å²) in [4.78, 5) is 13.2. The molecule has 0 spiro atoms. The van der Waals surface area contributed by atoms with Crippen LogP contribution >= 0.6 is 0 Å². The van der Waals surface area contributed by atoms with E-state index in [0.717, 1.165) is 25.9 Å². The molecule has 1 aliphatic heterocycles. The van der Waals surface area contributed by atoms with E-state index in [9.17, 15) is 4.79 Å². The lowest BCUT2D eigenvalue weighted by atomic mass is 10.2. The highest BCUT2D eigenvalue weighted by molar-refractivity contribution is 5.66. The number of rotatable bonds is 3. The third-order valence-electron chi connectivity index (χ3n) is 2.83. The summed E-state index contributed by atoms with van der Waals surface area (Å²) in [6, 6.07) is 10.3. The van der Waals surface area contributed by atoms with Crippen molar-refractivity contribution in [3.8, 4) is 0 Å². The molecule has 0 saturated carbocycles. The molecular formula is C13H17NO2. The van der Waals surface area contributed by atoms with Gasteiger partial charge in [-0.05, 0) is 18.4 Å². The molecule has 1 aliphatic rings. The van der Waals surface area contributed by atoms with Crippen LogP contribution in [0.1, 0.15) is 25.3 Å². The Morgan fingerprint density at radius 2 is 2.19 bits per heavy atom. The highest BCUT2D eigenvalue weighted by Gasteiger charge is 2.26. The van der Waals surface area contributed by atoms with Gasteiger partial charge in [0.1, 0.15) is 0 Å². The zero-order valence-corrected chi connectivity index (χ0v) is 9.56. The average Bonchev–Trinajstić information content (AvgIpc) is 2.66. The molecule has 1 aromatic rings. The van der Waals surface area contributed by atoms with Crippen molar-refractivity contribution in [1.29, 1.82) is 0 Å². The maximum atomic E-state index is 10.9. The summed E-state index contributed by atoms with van der Waals surface area (Å²) in [6.07, 6.45) is 2.02. The van der Waals surface area contributed by atoms with Crippen LogP contribution in [0.15, 0.2) is 30.3 Å². The van der Waals surface area contributed by atoms with E-state index in [0.29, 0.717) is 0 Å². The van der Waals surface area contributed by atoms with Crippen molar-refractivity contribution < 1.29 is 9.53 Å². The van der Waals surface area contributed by atoms with Gasteiger partial charge in [-0.2, -0.15) is 0 Å². The Labute approximate surface area is 96.0 Å². The van der Waals surface area contributed by atoms with Gasteiger partial charge in [0.25, 0.3) is 0 Å². The van der Waals surface area contributed by atoms with Gasteiger partial charge in [0.2, 0.25) is 0 Å². The molecule has 1 unspecified atom stereocenters. The Hall–Kier alpha value is -1.35. The van der Waals surface area contributed by atoms with Gasteiger partial charge in [-0.25, -0.2) is 0 Å². The fourth-order valence-corrected chi connectivity index (χ4v) is 2.12. The second-order valence-corrected chi connectivity index (χ2v) is 4.16. The topological polar surface area (TPSA) is 29.5 Å². The van der Waals surface area contributed by atoms with Crippen molar-refractivity contribution in [3.63, 3.8) is 0 Å². The SMILES string of the molecule is CC(=O)OC1CCCN1Cc1ccccc1. The molecule has 16 heavy (non-hydrogen) atoms. The number of ether oxygens (including phenoxy) is 1. The van der Waals surface area contributed by atoms with Crippen LogP contribution < -0.4 is 0 Å². The second kappa shape index (κ2) is 5.12. The summed E-state index contributed by atoms with van der Waals surface area (Å²) in [5.74, 6) is -0.190. The zero-order valence-electron chi connectivity index (χ0n) is 9.56. The van der Waals surface area contributed by atoms with E-state index in [-0.39, 0.29) is 12.2 Å². The molecule has 1 fully saturated rings. The second-order valence-electron chi connectivity index (χ2n) is 4.16. The minimum absolute atomic E-state index is 0.0299. The number of benzene rings is 1. The van der Waals surface area contributed by atoms with Crippen LogP contribution in [-0.4, -0.2) is 23.6 Å². The summed E-state index contributed by atoms with van der Waals surface area (Å²) < 4.78 is 5.28. The first-order chi connectivity index (χ1) is 7.75. The fraction of sp³-hybridized carbons (Fsp3) is 0.462. The van der Waals surface area contributed by atoms with Crippen LogP contribution in [0.4, 0.5) is 0 Å². The summed E-state index contributed by atoms with van der Waals surface area (Å²) >= 11 is 0. The van der Waals surface area contributed by atoms with E-state index in [1.54, 1.807) is 0 Å². The zero-order chi connectivity index (χ0) is 11.4. The van der Waals surface area contributed by atoms with Gasteiger partial charge in [0.05, 0.1) is 0 Å². The lowest BCUT2D eigenvalue weighted by Gasteiger charge is -2.23. The standard InChI is InChI=1S/C13H17NO2/c1-11(15)16-13-8-5-9-14(13)10-12-6-3-2-4-7-12/h2-4,6-7,13H,5,8-10H2,1H3. The number of nitrogens with zero attached hydrogens (tertiary/aromatic N) is 1. The van der Waals surface area contributed by atoms with Gasteiger partial charge < -0.3 is 4.74 Å². The van der Waals surface area contributed by atoms with Gasteiger partial charge >= 0.3 is 5.97 Å². The summed E-state index contributed by atoms with van der Waals surface area (Å²) in [5, 5.41) is 0. The fourth-order valence-electron chi connectivity index (χ4n) is 2.12. The lowest BCUT2D eigenvalue weighted by molar-refractivity contribution is -0.154. The Kier molecular flexibility index (Phi) is 3.57. The number of hydrogen-bond donors (Lipinski definition) is 0. The Morgan fingerprint density at radius 3 is 2.88 bits per heavy atom. The highest BCUT2D eigenvalue weighted by Crippen LogP contribution is 2.20. The molecule has 1 heterocycles. The van der Waals surface area contributed by atoms with Crippen molar-refractivity contribution in [2.24, 2.45) is 0 Å². The molecule has 1 aromatic carbocycles. The van der Waals surface area contributed by atoms with Crippen molar-refractivity contribution in [3.05, 3.63) is 35.9 Å². The van der Waals surface area contributed by atoms with Crippen LogP contribution in [0.5, 0.6) is 0 Å². The molecule has 0 aliphatic carbocycles. The normalized spacial score (nSPS) is 20.9. The molecule has 1 atom stereocenters. The molecule has 1 saturated heterocycles. The predicted octanol–water partition coefficient (Wildman–Crippen LogP) is 2.17. The molecule has 3 nitrogen and oxygen atoms in total. The minimum Gasteiger partial charge on any atom is -0.447 e. The number of likely N-dealkylation sites (tertiary alicyclic amines) is 1. The number of esters is 1. The van der Waals surface area contributed by atoms with Crippen LogP contribution in [0.2, 0.25) is 0 Å².